The highest BCUT2D eigenvalue weighted by molar-refractivity contribution is 6.62. The number of carboxylic acid groups (broad SMARTS) is 1. The minimum absolute atomic E-state index is 0.206. The highest BCUT2D eigenvalue weighted by Gasteiger charge is 2.52. The molecule has 59 heavy (non-hydrogen) atoms. The fourth-order valence-corrected chi connectivity index (χ4v) is 5.03. The van der Waals surface area contributed by atoms with E-state index in [-0.39, 0.29) is 28.8 Å². The molecule has 0 atom stereocenters. The number of aromatic carboxylic acids is 1. The fourth-order valence-electron chi connectivity index (χ4n) is 5.03. The van der Waals surface area contributed by atoms with Gasteiger partial charge in [0.2, 0.25) is 0 Å². The summed E-state index contributed by atoms with van der Waals surface area (Å²) in [6.07, 6.45) is -0.744. The Morgan fingerprint density at radius 1 is 0.627 bits per heavy atom. The second kappa shape index (κ2) is 19.9. The van der Waals surface area contributed by atoms with Crippen molar-refractivity contribution in [1.29, 1.82) is 0 Å². The van der Waals surface area contributed by atoms with E-state index in [0.29, 0.717) is 31.7 Å². The molecule has 4 rings (SSSR count). The van der Waals surface area contributed by atoms with E-state index >= 15 is 0 Å². The van der Waals surface area contributed by atoms with Crippen LogP contribution >= 0.6 is 0 Å². The molecule has 0 spiro atoms. The van der Waals surface area contributed by atoms with Crippen LogP contribution in [0.2, 0.25) is 0 Å². The number of amides is 3. The third-order valence-electron chi connectivity index (χ3n) is 9.99. The van der Waals surface area contributed by atoms with Gasteiger partial charge in [0.25, 0.3) is 5.91 Å². The number of nitrogens with two attached hydrogens (primary N) is 1. The first-order valence-electron chi connectivity index (χ1n) is 19.8. The Bertz CT molecular complexity index is 1690. The van der Waals surface area contributed by atoms with Gasteiger partial charge in [-0.1, -0.05) is 24.3 Å². The molecule has 328 valence electrons. The molecular weight excluding hydrogens is 758 g/mol. The van der Waals surface area contributed by atoms with E-state index in [1.54, 1.807) is 50.5 Å². The summed E-state index contributed by atoms with van der Waals surface area (Å²) in [4.78, 5) is 49.2. The minimum Gasteiger partial charge on any atom is -0.478 e. The van der Waals surface area contributed by atoms with Crippen molar-refractivity contribution in [3.8, 4) is 0 Å². The zero-order valence-electron chi connectivity index (χ0n) is 38.1. The summed E-state index contributed by atoms with van der Waals surface area (Å²) in [5.74, 6) is -1.14. The number of benzene rings is 2. The van der Waals surface area contributed by atoms with Crippen molar-refractivity contribution in [3.63, 3.8) is 0 Å². The standard InChI is InChI=1S/C21H33BN2O5.C13H17BO4.C8H18N2O2/c1-19(2,3)27-18(26)24(8)14-13-23-17(25)15-9-11-16(12-10-15)22-28-20(4,5)21(6,7)29-22;1-12(2)13(3,4)18-14(17-12)10-7-5-9(6-8-10)11(15)16;1-8(2,3)12-7(11)10(4)6-5-9/h9-12H,13-14H2,1-8H3,(H,23,25);5-8H,1-4H3,(H,15,16);5-6,9H2,1-4H3. The third kappa shape index (κ3) is 15.4. The van der Waals surface area contributed by atoms with Crippen molar-refractivity contribution in [2.45, 2.75) is 131 Å². The summed E-state index contributed by atoms with van der Waals surface area (Å²) in [6.45, 7) is 28.6. The van der Waals surface area contributed by atoms with Gasteiger partial charge in [-0.2, -0.15) is 0 Å². The molecule has 2 aliphatic heterocycles. The molecule has 2 heterocycles. The predicted molar refractivity (Wildman–Crippen MR) is 230 cm³/mol. The molecular formula is C42H68B2N4O11. The Morgan fingerprint density at radius 2 is 0.949 bits per heavy atom. The Morgan fingerprint density at radius 3 is 1.25 bits per heavy atom. The molecule has 0 saturated carbocycles. The topological polar surface area (TPSA) is 188 Å². The number of rotatable bonds is 9. The Labute approximate surface area is 352 Å². The number of carbonyl (C=O) groups is 4. The maximum atomic E-state index is 12.4. The molecule has 0 radical (unpaired) electrons. The monoisotopic (exact) mass is 827 g/mol. The molecule has 2 aromatic carbocycles. The van der Waals surface area contributed by atoms with Gasteiger partial charge < -0.3 is 54.0 Å². The van der Waals surface area contributed by atoms with Crippen LogP contribution in [-0.2, 0) is 28.1 Å². The Hall–Kier alpha value is -4.15. The number of nitrogens with zero attached hydrogens (tertiary/aromatic N) is 2. The Kier molecular flexibility index (Phi) is 17.2. The molecule has 3 amide bonds. The molecule has 0 unspecified atom stereocenters. The Balaban J connectivity index is 0.000000339. The van der Waals surface area contributed by atoms with Crippen molar-refractivity contribution in [2.75, 3.05) is 40.3 Å². The van der Waals surface area contributed by atoms with Crippen LogP contribution in [0.5, 0.6) is 0 Å². The second-order valence-electron chi connectivity index (χ2n) is 18.6. The number of nitrogens with one attached hydrogen (secondary N) is 1. The van der Waals surface area contributed by atoms with Gasteiger partial charge in [0.15, 0.2) is 0 Å². The van der Waals surface area contributed by atoms with Crippen molar-refractivity contribution in [1.82, 2.24) is 15.1 Å². The number of hydrogen-bond acceptors (Lipinski definition) is 11. The molecule has 0 bridgehead atoms. The lowest BCUT2D eigenvalue weighted by Gasteiger charge is -2.32. The number of hydrogen-bond donors (Lipinski definition) is 3. The summed E-state index contributed by atoms with van der Waals surface area (Å²) in [7, 11) is 2.40. The largest absolute Gasteiger partial charge is 0.494 e. The van der Waals surface area contributed by atoms with Crippen molar-refractivity contribution in [3.05, 3.63) is 59.7 Å². The first-order valence-corrected chi connectivity index (χ1v) is 19.8. The third-order valence-corrected chi connectivity index (χ3v) is 9.99. The lowest BCUT2D eigenvalue weighted by atomic mass is 9.79. The average Bonchev–Trinajstić information content (AvgIpc) is 3.46. The molecule has 4 N–H and O–H groups in total. The zero-order valence-corrected chi connectivity index (χ0v) is 38.1. The molecule has 2 aliphatic rings. The van der Waals surface area contributed by atoms with E-state index in [4.69, 9.17) is 38.9 Å². The molecule has 2 aromatic rings. The van der Waals surface area contributed by atoms with Crippen LogP contribution in [0.4, 0.5) is 9.59 Å². The van der Waals surface area contributed by atoms with Crippen LogP contribution in [0.15, 0.2) is 48.5 Å². The van der Waals surface area contributed by atoms with Crippen LogP contribution in [0.3, 0.4) is 0 Å². The van der Waals surface area contributed by atoms with Gasteiger partial charge in [-0.25, -0.2) is 14.4 Å². The number of ether oxygens (including phenoxy) is 2. The lowest BCUT2D eigenvalue weighted by molar-refractivity contribution is 0.00578. The second-order valence-corrected chi connectivity index (χ2v) is 18.6. The zero-order chi connectivity index (χ0) is 45.4. The van der Waals surface area contributed by atoms with E-state index < -0.39 is 48.7 Å². The van der Waals surface area contributed by atoms with Gasteiger partial charge >= 0.3 is 32.4 Å². The maximum absolute atomic E-state index is 12.4. The summed E-state index contributed by atoms with van der Waals surface area (Å²) in [5.41, 5.74) is 5.20. The first-order chi connectivity index (χ1) is 26.8. The van der Waals surface area contributed by atoms with E-state index in [1.165, 1.54) is 9.80 Å². The van der Waals surface area contributed by atoms with E-state index in [0.717, 1.165) is 10.9 Å². The SMILES string of the molecule is CC1(C)OB(c2ccc(C(=O)O)cc2)OC1(C)C.CN(CCN)C(=O)OC(C)(C)C.CN(CCNC(=O)c1ccc(B2OC(C)(C)C(C)(C)O2)cc1)C(=O)OC(C)(C)C. The number of carbonyl (C=O) groups excluding carboxylic acids is 3. The fraction of sp³-hybridized carbons (Fsp3) is 0.619. The molecule has 0 aliphatic carbocycles. The van der Waals surface area contributed by atoms with E-state index in [1.807, 2.05) is 109 Å². The molecule has 2 saturated heterocycles. The van der Waals surface area contributed by atoms with Gasteiger partial charge in [0.05, 0.1) is 28.0 Å². The highest BCUT2D eigenvalue weighted by Crippen LogP contribution is 2.37. The summed E-state index contributed by atoms with van der Waals surface area (Å²) >= 11 is 0. The maximum Gasteiger partial charge on any atom is 0.494 e. The number of likely N-dealkylation sites (N-methyl/N-ethyl adjacent to an activating group) is 2. The average molecular weight is 827 g/mol. The van der Waals surface area contributed by atoms with Gasteiger partial charge in [0.1, 0.15) is 11.2 Å². The quantitative estimate of drug-likeness (QED) is 0.285. The van der Waals surface area contributed by atoms with Gasteiger partial charge in [0, 0.05) is 45.8 Å². The molecule has 15 nitrogen and oxygen atoms in total. The van der Waals surface area contributed by atoms with Crippen LogP contribution < -0.4 is 22.0 Å². The predicted octanol–water partition coefficient (Wildman–Crippen LogP) is 5.08. The molecule has 17 heteroatoms. The highest BCUT2D eigenvalue weighted by atomic mass is 16.7. The van der Waals surface area contributed by atoms with E-state index in [9.17, 15) is 19.2 Å². The summed E-state index contributed by atoms with van der Waals surface area (Å²) < 4.78 is 34.2. The molecule has 0 aromatic heterocycles. The lowest BCUT2D eigenvalue weighted by Crippen LogP contribution is -2.41. The van der Waals surface area contributed by atoms with Crippen LogP contribution in [0.25, 0.3) is 0 Å². The van der Waals surface area contributed by atoms with Crippen LogP contribution in [-0.4, -0.2) is 127 Å². The van der Waals surface area contributed by atoms with Crippen molar-refractivity contribution in [2.24, 2.45) is 5.73 Å². The van der Waals surface area contributed by atoms with Crippen molar-refractivity contribution >= 4 is 49.2 Å². The van der Waals surface area contributed by atoms with E-state index in [2.05, 4.69) is 5.32 Å². The van der Waals surface area contributed by atoms with Crippen molar-refractivity contribution < 1.29 is 52.4 Å². The van der Waals surface area contributed by atoms with Gasteiger partial charge in [-0.15, -0.1) is 0 Å². The molecule has 2 fully saturated rings. The summed E-state index contributed by atoms with van der Waals surface area (Å²) in [5, 5.41) is 11.7. The van der Waals surface area contributed by atoms with Crippen LogP contribution in [0, 0.1) is 0 Å². The van der Waals surface area contributed by atoms with Crippen LogP contribution in [0.1, 0.15) is 118 Å². The number of carboxylic acids is 1. The summed E-state index contributed by atoms with van der Waals surface area (Å²) in [6, 6.07) is 13.7. The normalized spacial score (nSPS) is 17.4. The van der Waals surface area contributed by atoms with Gasteiger partial charge in [-0.05, 0) is 132 Å². The minimum atomic E-state index is -0.935. The first kappa shape index (κ1) is 51.0. The van der Waals surface area contributed by atoms with Gasteiger partial charge in [-0.3, -0.25) is 4.79 Å². The smallest absolute Gasteiger partial charge is 0.478 e.